The van der Waals surface area contributed by atoms with Crippen molar-refractivity contribution < 1.29 is 47.5 Å². The SMILES string of the molecule is CCC[CH2][Sn][CH2]CCC.CCOCCOCCOCCOC(=O)CS.CCOCCOCCOCCOC(=O)CS. The van der Waals surface area contributed by atoms with Crippen LogP contribution < -0.4 is 0 Å². The number of esters is 2. The molecule has 13 heteroatoms. The third-order valence-corrected chi connectivity index (χ3v) is 9.10. The molecule has 0 amide bonds. The van der Waals surface area contributed by atoms with E-state index < -0.39 is 0 Å². The summed E-state index contributed by atoms with van der Waals surface area (Å²) in [5, 5.41) is 0. The van der Waals surface area contributed by atoms with E-state index in [2.05, 4.69) is 39.1 Å². The molecule has 0 aliphatic carbocycles. The average molecular weight is 738 g/mol. The minimum absolute atomic E-state index is 0.0978. The summed E-state index contributed by atoms with van der Waals surface area (Å²) in [6, 6.07) is 0. The first-order chi connectivity index (χ1) is 20.0. The normalized spacial score (nSPS) is 10.3. The molecule has 0 saturated heterocycles. The van der Waals surface area contributed by atoms with Gasteiger partial charge in [-0.05, 0) is 13.8 Å². The van der Waals surface area contributed by atoms with Crippen LogP contribution in [-0.2, 0) is 47.5 Å². The third-order valence-electron chi connectivity index (χ3n) is 4.55. The fourth-order valence-corrected chi connectivity index (χ4v) is 6.76. The molecular formula is C28H58O10S2Sn. The largest absolute Gasteiger partial charge is 0.463 e. The van der Waals surface area contributed by atoms with Crippen molar-refractivity contribution in [3.8, 4) is 0 Å². The van der Waals surface area contributed by atoms with Crippen LogP contribution in [0.1, 0.15) is 53.4 Å². The molecule has 0 aliphatic heterocycles. The van der Waals surface area contributed by atoms with Crippen LogP contribution in [0.4, 0.5) is 0 Å². The molecule has 0 heterocycles. The van der Waals surface area contributed by atoms with Gasteiger partial charge in [-0.15, -0.1) is 0 Å². The first-order valence-electron chi connectivity index (χ1n) is 14.7. The molecule has 0 N–H and O–H groups in total. The Hall–Kier alpha value is 0.199. The quantitative estimate of drug-likeness (QED) is 0.0526. The van der Waals surface area contributed by atoms with E-state index in [0.717, 1.165) is 0 Å². The van der Waals surface area contributed by atoms with Crippen LogP contribution in [0.5, 0.6) is 0 Å². The zero-order valence-electron chi connectivity index (χ0n) is 26.0. The van der Waals surface area contributed by atoms with Crippen molar-refractivity contribution in [3.63, 3.8) is 0 Å². The second-order valence-corrected chi connectivity index (χ2v) is 13.0. The molecule has 0 aromatic heterocycles. The summed E-state index contributed by atoms with van der Waals surface area (Å²) < 4.78 is 43.7. The van der Waals surface area contributed by atoms with E-state index in [1.807, 2.05) is 13.8 Å². The number of carbonyl (C=O) groups excluding carboxylic acids is 2. The van der Waals surface area contributed by atoms with E-state index in [1.165, 1.54) is 25.7 Å². The topological polar surface area (TPSA) is 108 Å². The van der Waals surface area contributed by atoms with Gasteiger partial charge in [0.05, 0.1) is 77.6 Å². The molecule has 0 saturated carbocycles. The molecule has 0 aliphatic rings. The van der Waals surface area contributed by atoms with Gasteiger partial charge in [0.15, 0.2) is 0 Å². The maximum Gasteiger partial charge on any atom is 0.315 e. The Morgan fingerprint density at radius 3 is 1.05 bits per heavy atom. The molecule has 0 fully saturated rings. The number of carbonyl (C=O) groups is 2. The molecule has 10 nitrogen and oxygen atoms in total. The molecule has 0 bridgehead atoms. The van der Waals surface area contributed by atoms with E-state index in [-0.39, 0.29) is 57.8 Å². The van der Waals surface area contributed by atoms with Gasteiger partial charge in [0.1, 0.15) is 13.2 Å². The van der Waals surface area contributed by atoms with E-state index in [4.69, 9.17) is 37.9 Å². The molecular weight excluding hydrogens is 679 g/mol. The molecule has 0 atom stereocenters. The second-order valence-electron chi connectivity index (χ2n) is 8.06. The van der Waals surface area contributed by atoms with Gasteiger partial charge in [-0.1, -0.05) is 0 Å². The smallest absolute Gasteiger partial charge is 0.315 e. The van der Waals surface area contributed by atoms with Crippen molar-refractivity contribution in [1.82, 2.24) is 0 Å². The Kier molecular flexibility index (Phi) is 49.7. The Morgan fingerprint density at radius 2 is 0.780 bits per heavy atom. The first-order valence-corrected chi connectivity index (χ1v) is 20.0. The van der Waals surface area contributed by atoms with Crippen LogP contribution in [0.2, 0.25) is 8.87 Å². The van der Waals surface area contributed by atoms with Crippen LogP contribution in [-0.4, -0.2) is 137 Å². The summed E-state index contributed by atoms with van der Waals surface area (Å²) >= 11 is 7.68. The minimum Gasteiger partial charge on any atom is -0.463 e. The molecule has 2 radical (unpaired) electrons. The first kappa shape index (κ1) is 45.6. The van der Waals surface area contributed by atoms with Gasteiger partial charge < -0.3 is 37.9 Å². The van der Waals surface area contributed by atoms with Crippen molar-refractivity contribution in [2.45, 2.75) is 62.3 Å². The van der Waals surface area contributed by atoms with E-state index in [1.54, 1.807) is 8.87 Å². The van der Waals surface area contributed by atoms with Gasteiger partial charge in [-0.25, -0.2) is 0 Å². The van der Waals surface area contributed by atoms with Gasteiger partial charge in [0, 0.05) is 13.2 Å². The van der Waals surface area contributed by atoms with Crippen LogP contribution in [0.15, 0.2) is 0 Å². The second kappa shape index (κ2) is 44.6. The maximum atomic E-state index is 10.7. The summed E-state index contributed by atoms with van der Waals surface area (Å²) in [7, 11) is 0. The number of hydrogen-bond donors (Lipinski definition) is 2. The number of unbranched alkanes of at least 4 members (excludes halogenated alkanes) is 2. The number of ether oxygens (including phenoxy) is 8. The van der Waals surface area contributed by atoms with Crippen molar-refractivity contribution in [2.75, 3.05) is 104 Å². The van der Waals surface area contributed by atoms with E-state index in [9.17, 15) is 9.59 Å². The molecule has 246 valence electrons. The van der Waals surface area contributed by atoms with Crippen molar-refractivity contribution >= 4 is 58.3 Å². The summed E-state index contributed by atoms with van der Waals surface area (Å²) in [6.07, 6.45) is 5.84. The Balaban J connectivity index is -0.000000551. The van der Waals surface area contributed by atoms with Gasteiger partial charge in [0.2, 0.25) is 0 Å². The van der Waals surface area contributed by atoms with Crippen LogP contribution in [0.25, 0.3) is 0 Å². The summed E-state index contributed by atoms with van der Waals surface area (Å²) in [4.78, 5) is 21.3. The summed E-state index contributed by atoms with van der Waals surface area (Å²) in [5.74, 6) is -0.471. The molecule has 0 spiro atoms. The molecule has 0 aromatic rings. The number of rotatable bonds is 28. The standard InChI is InChI=1S/2C10H20O5S.2C4H9.Sn/c2*1-2-12-3-4-13-5-6-14-7-8-15-10(11)9-16;2*1-3-4-2;/h2*16H,2-9H2,1H3;2*1,3-4H2,2H3;. The Labute approximate surface area is 270 Å². The summed E-state index contributed by atoms with van der Waals surface area (Å²) in [5.41, 5.74) is 0. The fraction of sp³-hybridized carbons (Fsp3) is 0.929. The van der Waals surface area contributed by atoms with Crippen LogP contribution in [0, 0.1) is 0 Å². The van der Waals surface area contributed by atoms with Crippen LogP contribution in [0.3, 0.4) is 0 Å². The fourth-order valence-electron chi connectivity index (χ4n) is 2.42. The monoisotopic (exact) mass is 738 g/mol. The third kappa shape index (κ3) is 50.2. The zero-order chi connectivity index (χ0) is 31.1. The maximum absolute atomic E-state index is 10.7. The molecule has 0 aromatic carbocycles. The summed E-state index contributed by atoms with van der Waals surface area (Å²) in [6.45, 7) is 15.6. The molecule has 41 heavy (non-hydrogen) atoms. The predicted molar refractivity (Wildman–Crippen MR) is 171 cm³/mol. The van der Waals surface area contributed by atoms with Gasteiger partial charge in [0.25, 0.3) is 0 Å². The van der Waals surface area contributed by atoms with Crippen molar-refractivity contribution in [2.24, 2.45) is 0 Å². The van der Waals surface area contributed by atoms with Crippen molar-refractivity contribution in [1.29, 1.82) is 0 Å². The molecule has 0 rings (SSSR count). The van der Waals surface area contributed by atoms with Gasteiger partial charge >= 0.3 is 81.5 Å². The predicted octanol–water partition coefficient (Wildman–Crippen LogP) is 4.19. The number of hydrogen-bond acceptors (Lipinski definition) is 12. The molecule has 0 unspecified atom stereocenters. The zero-order valence-corrected chi connectivity index (χ0v) is 30.7. The Morgan fingerprint density at radius 1 is 0.488 bits per heavy atom. The Bertz CT molecular complexity index is 466. The van der Waals surface area contributed by atoms with Crippen molar-refractivity contribution in [3.05, 3.63) is 0 Å². The van der Waals surface area contributed by atoms with Gasteiger partial charge in [-0.3, -0.25) is 9.59 Å². The van der Waals surface area contributed by atoms with E-state index in [0.29, 0.717) is 79.3 Å². The number of thiol groups is 2. The average Bonchev–Trinajstić information content (AvgIpc) is 2.99. The minimum atomic E-state index is -0.333. The van der Waals surface area contributed by atoms with E-state index >= 15 is 0 Å². The van der Waals surface area contributed by atoms with Gasteiger partial charge in [-0.2, -0.15) is 25.3 Å². The van der Waals surface area contributed by atoms with Crippen LogP contribution >= 0.6 is 25.3 Å².